The van der Waals surface area contributed by atoms with Crippen molar-refractivity contribution in [3.63, 3.8) is 0 Å². The van der Waals surface area contributed by atoms with E-state index in [-0.39, 0.29) is 11.8 Å². The maximum Gasteiger partial charge on any atom is 0.573 e. The highest BCUT2D eigenvalue weighted by molar-refractivity contribution is 8.14. The van der Waals surface area contributed by atoms with Crippen molar-refractivity contribution in [3.05, 3.63) is 96.5 Å². The van der Waals surface area contributed by atoms with Gasteiger partial charge in [0.25, 0.3) is 0 Å². The predicted molar refractivity (Wildman–Crippen MR) is 163 cm³/mol. The van der Waals surface area contributed by atoms with Crippen LogP contribution in [-0.4, -0.2) is 44.1 Å². The first kappa shape index (κ1) is 29.9. The van der Waals surface area contributed by atoms with E-state index < -0.39 is 12.4 Å². The van der Waals surface area contributed by atoms with Crippen molar-refractivity contribution < 1.29 is 22.7 Å². The van der Waals surface area contributed by atoms with E-state index in [4.69, 9.17) is 0 Å². The summed E-state index contributed by atoms with van der Waals surface area (Å²) in [7, 11) is 0. The van der Waals surface area contributed by atoms with Crippen LogP contribution in [-0.2, 0) is 6.42 Å². The Morgan fingerprint density at radius 3 is 2.58 bits per heavy atom. The van der Waals surface area contributed by atoms with E-state index in [0.29, 0.717) is 16.7 Å². The van der Waals surface area contributed by atoms with Crippen LogP contribution in [0.25, 0.3) is 23.2 Å². The van der Waals surface area contributed by atoms with E-state index in [2.05, 4.69) is 56.0 Å². The Hall–Kier alpha value is -4.58. The lowest BCUT2D eigenvalue weighted by atomic mass is 10.1. The highest BCUT2D eigenvalue weighted by Gasteiger charge is 2.31. The minimum atomic E-state index is -4.75. The standard InChI is InChI=1S/C31H29F3N6O2S/c1-3-23-6-4-5-7-27(23)40-21(2)17-19-43-30(40)37-29(41)35-18-16-22-8-10-24(11-9-22)28-36-20-39(38-28)25-12-14-26(15-13-25)42-31(32,33)34/h4-16,18,20-21H,3,17,19H2,1-2H3,(H,35,41)/b18-16+,37-30-. The van der Waals surface area contributed by atoms with Crippen LogP contribution in [0.5, 0.6) is 5.75 Å². The first-order valence-electron chi connectivity index (χ1n) is 13.6. The SMILES string of the molecule is CCc1ccccc1N1/C(=N/C(=O)N/C=C/c2ccc(-c3ncn(-c4ccc(OC(F)(F)F)cc4)n3)cc2)SCCC1C. The number of rotatable bonds is 7. The van der Waals surface area contributed by atoms with Crippen molar-refractivity contribution in [1.29, 1.82) is 0 Å². The number of aryl methyl sites for hydroxylation is 1. The molecule has 1 saturated heterocycles. The van der Waals surface area contributed by atoms with E-state index in [1.165, 1.54) is 40.8 Å². The monoisotopic (exact) mass is 606 g/mol. The van der Waals surface area contributed by atoms with Gasteiger partial charge in [-0.1, -0.05) is 61.2 Å². The van der Waals surface area contributed by atoms with Gasteiger partial charge in [0.1, 0.15) is 12.1 Å². The van der Waals surface area contributed by atoms with Gasteiger partial charge in [-0.05, 0) is 67.3 Å². The average molecular weight is 607 g/mol. The Morgan fingerprint density at radius 1 is 1.12 bits per heavy atom. The molecule has 2 heterocycles. The Kier molecular flexibility index (Phi) is 9.15. The van der Waals surface area contributed by atoms with Gasteiger partial charge in [0, 0.05) is 29.2 Å². The van der Waals surface area contributed by atoms with Crippen LogP contribution in [0.2, 0.25) is 0 Å². The summed E-state index contributed by atoms with van der Waals surface area (Å²) in [5.41, 5.74) is 4.42. The molecule has 0 saturated carbocycles. The number of amides is 2. The summed E-state index contributed by atoms with van der Waals surface area (Å²) >= 11 is 1.58. The van der Waals surface area contributed by atoms with Gasteiger partial charge in [0.05, 0.1) is 5.69 Å². The van der Waals surface area contributed by atoms with Gasteiger partial charge in [-0.15, -0.1) is 18.3 Å². The molecule has 0 aliphatic carbocycles. The van der Waals surface area contributed by atoms with Gasteiger partial charge < -0.3 is 15.0 Å². The minimum Gasteiger partial charge on any atom is -0.406 e. The number of thioether (sulfide) groups is 1. The number of carbonyl (C=O) groups is 1. The second kappa shape index (κ2) is 13.2. The van der Waals surface area contributed by atoms with Crippen LogP contribution in [0.1, 0.15) is 31.4 Å². The van der Waals surface area contributed by atoms with Crippen molar-refractivity contribution in [2.75, 3.05) is 10.7 Å². The molecule has 222 valence electrons. The maximum absolute atomic E-state index is 12.7. The number of alkyl halides is 3. The smallest absolute Gasteiger partial charge is 0.406 e. The molecule has 1 unspecified atom stereocenters. The molecule has 43 heavy (non-hydrogen) atoms. The molecule has 1 aliphatic rings. The fourth-order valence-corrected chi connectivity index (χ4v) is 5.78. The summed E-state index contributed by atoms with van der Waals surface area (Å²) in [6.45, 7) is 4.27. The number of hydrogen-bond donors (Lipinski definition) is 1. The lowest BCUT2D eigenvalue weighted by molar-refractivity contribution is -0.274. The average Bonchev–Trinajstić information content (AvgIpc) is 3.48. The second-order valence-corrected chi connectivity index (χ2v) is 10.8. The molecule has 3 aromatic carbocycles. The van der Waals surface area contributed by atoms with E-state index >= 15 is 0 Å². The summed E-state index contributed by atoms with van der Waals surface area (Å²) in [5, 5.41) is 7.84. The zero-order chi connectivity index (χ0) is 30.4. The van der Waals surface area contributed by atoms with Crippen LogP contribution in [0, 0.1) is 0 Å². The predicted octanol–water partition coefficient (Wildman–Crippen LogP) is 7.46. The molecule has 8 nitrogen and oxygen atoms in total. The molecule has 1 aliphatic heterocycles. The lowest BCUT2D eigenvalue weighted by Crippen LogP contribution is -2.42. The fraction of sp³-hybridized carbons (Fsp3) is 0.226. The molecule has 0 radical (unpaired) electrons. The molecule has 4 aromatic rings. The molecular weight excluding hydrogens is 577 g/mol. The molecular formula is C31H29F3N6O2S. The van der Waals surface area contributed by atoms with Crippen molar-refractivity contribution in [3.8, 4) is 22.8 Å². The number of amidine groups is 1. The first-order valence-corrected chi connectivity index (χ1v) is 14.6. The highest BCUT2D eigenvalue weighted by atomic mass is 32.2. The normalized spacial score (nSPS) is 16.5. The molecule has 0 spiro atoms. The number of nitrogens with zero attached hydrogens (tertiary/aromatic N) is 5. The number of aromatic nitrogens is 3. The number of para-hydroxylation sites is 1. The molecule has 2 amide bonds. The van der Waals surface area contributed by atoms with Gasteiger partial charge in [0.2, 0.25) is 0 Å². The number of nitrogens with one attached hydrogen (secondary N) is 1. The zero-order valence-corrected chi connectivity index (χ0v) is 24.3. The Labute approximate surface area is 251 Å². The largest absolute Gasteiger partial charge is 0.573 e. The molecule has 1 fully saturated rings. The number of anilines is 1. The number of hydrogen-bond acceptors (Lipinski definition) is 5. The minimum absolute atomic E-state index is 0.230. The quantitative estimate of drug-likeness (QED) is 0.235. The number of ether oxygens (including phenoxy) is 1. The molecule has 5 rings (SSSR count). The van der Waals surface area contributed by atoms with E-state index in [1.54, 1.807) is 24.0 Å². The lowest BCUT2D eigenvalue weighted by Gasteiger charge is -2.36. The first-order chi connectivity index (χ1) is 20.7. The number of carbonyl (C=O) groups excluding carboxylic acids is 1. The van der Waals surface area contributed by atoms with E-state index in [9.17, 15) is 18.0 Å². The summed E-state index contributed by atoms with van der Waals surface area (Å²) in [4.78, 5) is 23.6. The van der Waals surface area contributed by atoms with Crippen LogP contribution in [0.3, 0.4) is 0 Å². The molecule has 1 atom stereocenters. The second-order valence-electron chi connectivity index (χ2n) is 9.69. The third kappa shape index (κ3) is 7.63. The number of halogens is 3. The Morgan fingerprint density at radius 2 is 1.86 bits per heavy atom. The molecule has 1 aromatic heterocycles. The molecule has 1 N–H and O–H groups in total. The van der Waals surface area contributed by atoms with Crippen molar-refractivity contribution in [2.45, 2.75) is 39.1 Å². The Balaban J connectivity index is 1.21. The highest BCUT2D eigenvalue weighted by Crippen LogP contribution is 2.32. The number of urea groups is 1. The van der Waals surface area contributed by atoms with Gasteiger partial charge >= 0.3 is 12.4 Å². The number of aliphatic imine (C=N–C) groups is 1. The third-order valence-electron chi connectivity index (χ3n) is 6.72. The van der Waals surface area contributed by atoms with Crippen LogP contribution >= 0.6 is 11.8 Å². The van der Waals surface area contributed by atoms with E-state index in [0.717, 1.165) is 35.4 Å². The number of benzene rings is 3. The summed E-state index contributed by atoms with van der Waals surface area (Å²) in [6, 6.07) is 20.7. The summed E-state index contributed by atoms with van der Waals surface area (Å²) in [6.07, 6.45) is 1.94. The van der Waals surface area contributed by atoms with Gasteiger partial charge in [0.15, 0.2) is 11.0 Å². The van der Waals surface area contributed by atoms with Crippen LogP contribution in [0.4, 0.5) is 23.7 Å². The third-order valence-corrected chi connectivity index (χ3v) is 7.71. The zero-order valence-electron chi connectivity index (χ0n) is 23.5. The summed E-state index contributed by atoms with van der Waals surface area (Å²) < 4.78 is 42.6. The van der Waals surface area contributed by atoms with Crippen molar-refractivity contribution >= 4 is 34.7 Å². The van der Waals surface area contributed by atoms with Crippen molar-refractivity contribution in [1.82, 2.24) is 20.1 Å². The topological polar surface area (TPSA) is 84.6 Å². The van der Waals surface area contributed by atoms with Crippen LogP contribution in [0.15, 0.2) is 90.3 Å². The van der Waals surface area contributed by atoms with E-state index in [1.807, 2.05) is 36.4 Å². The fourth-order valence-electron chi connectivity index (χ4n) is 4.57. The van der Waals surface area contributed by atoms with Crippen LogP contribution < -0.4 is 15.0 Å². The van der Waals surface area contributed by atoms with Crippen molar-refractivity contribution in [2.24, 2.45) is 4.99 Å². The van der Waals surface area contributed by atoms with Gasteiger partial charge in [-0.25, -0.2) is 14.5 Å². The maximum atomic E-state index is 12.7. The molecule has 12 heteroatoms. The van der Waals surface area contributed by atoms with Gasteiger partial charge in [-0.3, -0.25) is 0 Å². The molecule has 0 bridgehead atoms. The van der Waals surface area contributed by atoms with Gasteiger partial charge in [-0.2, -0.15) is 4.99 Å². The Bertz CT molecular complexity index is 1620. The summed E-state index contributed by atoms with van der Waals surface area (Å²) in [5.74, 6) is 1.03.